The molecule has 1 aliphatic carbocycles. The summed E-state index contributed by atoms with van der Waals surface area (Å²) in [6.45, 7) is 2.54. The Morgan fingerprint density at radius 3 is 2.71 bits per heavy atom. The van der Waals surface area contributed by atoms with Crippen LogP contribution in [0.5, 0.6) is 0 Å². The number of nitrogens with one attached hydrogen (secondary N) is 1. The summed E-state index contributed by atoms with van der Waals surface area (Å²) in [4.78, 5) is 15.1. The number of fused-ring (bicyclic) bond motifs is 1. The highest BCUT2D eigenvalue weighted by molar-refractivity contribution is 7.89. The first-order chi connectivity index (χ1) is 13.5. The van der Waals surface area contributed by atoms with Gasteiger partial charge in [-0.3, -0.25) is 4.79 Å². The lowest BCUT2D eigenvalue weighted by Gasteiger charge is -2.41. The summed E-state index contributed by atoms with van der Waals surface area (Å²) in [6.07, 6.45) is 7.91. The van der Waals surface area contributed by atoms with Crippen LogP contribution in [0.15, 0.2) is 29.2 Å². The van der Waals surface area contributed by atoms with Crippen molar-refractivity contribution in [2.24, 2.45) is 11.8 Å². The van der Waals surface area contributed by atoms with E-state index in [2.05, 4.69) is 4.72 Å². The zero-order valence-corrected chi connectivity index (χ0v) is 17.1. The van der Waals surface area contributed by atoms with Crippen molar-refractivity contribution in [3.05, 3.63) is 29.8 Å². The van der Waals surface area contributed by atoms with Crippen LogP contribution in [0, 0.1) is 11.8 Å². The molecule has 1 aromatic carbocycles. The van der Waals surface area contributed by atoms with Gasteiger partial charge in [-0.2, -0.15) is 0 Å². The van der Waals surface area contributed by atoms with Crippen molar-refractivity contribution in [1.29, 1.82) is 0 Å². The van der Waals surface area contributed by atoms with Crippen molar-refractivity contribution in [1.82, 2.24) is 9.62 Å². The molecular weight excluding hydrogens is 376 g/mol. The standard InChI is InChI=1S/C21H30N2O4S/c24-21(23-11-10-16-5-1-2-6-18(16)15-23)17-7-3-9-20(13-17)28(25,26)22-14-19-8-4-12-27-19/h3,7,9,13,16,18-19,22H,1-2,4-6,8,10-12,14-15H2/t16-,18+,19+/m1/s1. The Morgan fingerprint density at radius 1 is 1.11 bits per heavy atom. The first kappa shape index (κ1) is 19.9. The van der Waals surface area contributed by atoms with Gasteiger partial charge < -0.3 is 9.64 Å². The Morgan fingerprint density at radius 2 is 1.93 bits per heavy atom. The summed E-state index contributed by atoms with van der Waals surface area (Å²) in [5, 5.41) is 0. The van der Waals surface area contributed by atoms with Crippen LogP contribution in [0.1, 0.15) is 55.3 Å². The van der Waals surface area contributed by atoms with Crippen LogP contribution in [0.4, 0.5) is 0 Å². The van der Waals surface area contributed by atoms with E-state index in [1.165, 1.54) is 31.7 Å². The lowest BCUT2D eigenvalue weighted by atomic mass is 9.75. The van der Waals surface area contributed by atoms with Crippen LogP contribution in [-0.2, 0) is 14.8 Å². The normalized spacial score (nSPS) is 28.1. The molecule has 2 heterocycles. The number of hydrogen-bond donors (Lipinski definition) is 1. The van der Waals surface area contributed by atoms with Crippen LogP contribution in [0.2, 0.25) is 0 Å². The zero-order valence-electron chi connectivity index (χ0n) is 16.3. The minimum Gasteiger partial charge on any atom is -0.377 e. The number of amides is 1. The van der Waals surface area contributed by atoms with E-state index in [9.17, 15) is 13.2 Å². The van der Waals surface area contributed by atoms with Gasteiger partial charge in [0.05, 0.1) is 11.0 Å². The smallest absolute Gasteiger partial charge is 0.253 e. The van der Waals surface area contributed by atoms with Gasteiger partial charge in [-0.15, -0.1) is 0 Å². The molecule has 2 aliphatic heterocycles. The number of ether oxygens (including phenoxy) is 1. The average Bonchev–Trinajstić information content (AvgIpc) is 3.25. The molecule has 1 saturated carbocycles. The summed E-state index contributed by atoms with van der Waals surface area (Å²) < 4.78 is 33.4. The van der Waals surface area contributed by atoms with Gasteiger partial charge >= 0.3 is 0 Å². The molecule has 1 aromatic rings. The third-order valence-electron chi connectivity index (χ3n) is 6.49. The number of carbonyl (C=O) groups excluding carboxylic acids is 1. The highest BCUT2D eigenvalue weighted by atomic mass is 32.2. The molecule has 1 amide bonds. The van der Waals surface area contributed by atoms with Crippen LogP contribution in [0.25, 0.3) is 0 Å². The molecule has 0 bridgehead atoms. The monoisotopic (exact) mass is 406 g/mol. The Hall–Kier alpha value is -1.44. The molecule has 154 valence electrons. The molecule has 28 heavy (non-hydrogen) atoms. The number of piperidine rings is 1. The van der Waals surface area contributed by atoms with E-state index in [-0.39, 0.29) is 23.5 Å². The number of sulfonamides is 1. The Labute approximate surface area is 167 Å². The summed E-state index contributed by atoms with van der Waals surface area (Å²) in [6, 6.07) is 6.42. The molecule has 2 saturated heterocycles. The summed E-state index contributed by atoms with van der Waals surface area (Å²) in [5.74, 6) is 1.30. The third-order valence-corrected chi connectivity index (χ3v) is 7.92. The largest absolute Gasteiger partial charge is 0.377 e. The quantitative estimate of drug-likeness (QED) is 0.816. The first-order valence-corrected chi connectivity index (χ1v) is 12.0. The van der Waals surface area contributed by atoms with E-state index in [1.807, 2.05) is 4.90 Å². The SMILES string of the molecule is O=C(c1cccc(S(=O)(=O)NC[C@@H]2CCCO2)c1)N1CC[C@H]2CCCC[C@H]2C1. The number of rotatable bonds is 5. The van der Waals surface area contributed by atoms with Crippen LogP contribution in [0.3, 0.4) is 0 Å². The second kappa shape index (κ2) is 8.51. The van der Waals surface area contributed by atoms with Crippen molar-refractivity contribution < 1.29 is 17.9 Å². The molecule has 0 radical (unpaired) electrons. The molecule has 3 aliphatic rings. The average molecular weight is 407 g/mol. The number of benzene rings is 1. The molecule has 0 unspecified atom stereocenters. The van der Waals surface area contributed by atoms with Crippen molar-refractivity contribution in [3.8, 4) is 0 Å². The fourth-order valence-corrected chi connectivity index (χ4v) is 5.97. The van der Waals surface area contributed by atoms with Gasteiger partial charge in [0, 0.05) is 31.8 Å². The van der Waals surface area contributed by atoms with Gasteiger partial charge in [-0.1, -0.05) is 25.3 Å². The van der Waals surface area contributed by atoms with Gasteiger partial charge in [0.15, 0.2) is 0 Å². The van der Waals surface area contributed by atoms with Crippen molar-refractivity contribution >= 4 is 15.9 Å². The zero-order chi connectivity index (χ0) is 19.6. The minimum atomic E-state index is -3.65. The maximum Gasteiger partial charge on any atom is 0.253 e. The number of hydrogen-bond acceptors (Lipinski definition) is 4. The van der Waals surface area contributed by atoms with E-state index in [1.54, 1.807) is 18.2 Å². The lowest BCUT2D eigenvalue weighted by molar-refractivity contribution is 0.0520. The molecule has 4 rings (SSSR count). The maximum absolute atomic E-state index is 13.0. The minimum absolute atomic E-state index is 0.0554. The Balaban J connectivity index is 1.43. The van der Waals surface area contributed by atoms with E-state index in [0.717, 1.165) is 38.3 Å². The first-order valence-electron chi connectivity index (χ1n) is 10.5. The predicted octanol–water partition coefficient (Wildman–Crippen LogP) is 2.80. The molecular formula is C21H30N2O4S. The van der Waals surface area contributed by atoms with E-state index < -0.39 is 10.0 Å². The maximum atomic E-state index is 13.0. The highest BCUT2D eigenvalue weighted by Crippen LogP contribution is 2.36. The fraction of sp³-hybridized carbons (Fsp3) is 0.667. The van der Waals surface area contributed by atoms with Gasteiger partial charge in [0.2, 0.25) is 10.0 Å². The summed E-state index contributed by atoms with van der Waals surface area (Å²) in [5.41, 5.74) is 0.453. The van der Waals surface area contributed by atoms with Crippen molar-refractivity contribution in [3.63, 3.8) is 0 Å². The van der Waals surface area contributed by atoms with Gasteiger partial charge in [-0.25, -0.2) is 13.1 Å². The molecule has 3 fully saturated rings. The van der Waals surface area contributed by atoms with Crippen LogP contribution in [-0.4, -0.2) is 51.6 Å². The molecule has 3 atom stereocenters. The second-order valence-electron chi connectivity index (χ2n) is 8.36. The topological polar surface area (TPSA) is 75.7 Å². The lowest BCUT2D eigenvalue weighted by Crippen LogP contribution is -2.44. The Kier molecular flexibility index (Phi) is 6.04. The van der Waals surface area contributed by atoms with Crippen LogP contribution >= 0.6 is 0 Å². The number of nitrogens with zero attached hydrogens (tertiary/aromatic N) is 1. The molecule has 6 nitrogen and oxygen atoms in total. The van der Waals surface area contributed by atoms with Crippen molar-refractivity contribution in [2.75, 3.05) is 26.2 Å². The molecule has 0 spiro atoms. The second-order valence-corrected chi connectivity index (χ2v) is 10.1. The van der Waals surface area contributed by atoms with Gasteiger partial charge in [-0.05, 0) is 55.7 Å². The fourth-order valence-electron chi connectivity index (χ4n) is 4.86. The molecule has 0 aromatic heterocycles. The molecule has 1 N–H and O–H groups in total. The number of likely N-dealkylation sites (tertiary alicyclic amines) is 1. The predicted molar refractivity (Wildman–Crippen MR) is 107 cm³/mol. The summed E-state index contributed by atoms with van der Waals surface area (Å²) in [7, 11) is -3.65. The number of carbonyl (C=O) groups is 1. The Bertz CT molecular complexity index is 804. The third kappa shape index (κ3) is 4.42. The van der Waals surface area contributed by atoms with Gasteiger partial charge in [0.25, 0.3) is 5.91 Å². The highest BCUT2D eigenvalue weighted by Gasteiger charge is 2.33. The van der Waals surface area contributed by atoms with E-state index in [4.69, 9.17) is 4.74 Å². The van der Waals surface area contributed by atoms with Crippen molar-refractivity contribution in [2.45, 2.75) is 55.9 Å². The summed E-state index contributed by atoms with van der Waals surface area (Å²) >= 11 is 0. The van der Waals surface area contributed by atoms with E-state index >= 15 is 0 Å². The van der Waals surface area contributed by atoms with Crippen LogP contribution < -0.4 is 4.72 Å². The van der Waals surface area contributed by atoms with E-state index in [0.29, 0.717) is 18.1 Å². The molecule has 7 heteroatoms. The van der Waals surface area contributed by atoms with Gasteiger partial charge in [0.1, 0.15) is 0 Å².